The first-order valence-corrected chi connectivity index (χ1v) is 7.01. The van der Waals surface area contributed by atoms with Gasteiger partial charge >= 0.3 is 0 Å². The number of carbonyl (C=O) groups is 1. The minimum Gasteiger partial charge on any atom is -0.482 e. The summed E-state index contributed by atoms with van der Waals surface area (Å²) in [6.07, 6.45) is 0. The highest BCUT2D eigenvalue weighted by atomic mass is 35.5. The lowest BCUT2D eigenvalue weighted by atomic mass is 10.1. The third kappa shape index (κ3) is 4.75. The van der Waals surface area contributed by atoms with Crippen LogP contribution in [0.2, 0.25) is 5.02 Å². The highest BCUT2D eigenvalue weighted by molar-refractivity contribution is 6.32. The third-order valence-corrected chi connectivity index (χ3v) is 3.18. The molecule has 0 bridgehead atoms. The summed E-state index contributed by atoms with van der Waals surface area (Å²) >= 11 is 5.89. The van der Waals surface area contributed by atoms with Crippen molar-refractivity contribution in [1.82, 2.24) is 5.43 Å². The van der Waals surface area contributed by atoms with Crippen LogP contribution in [0, 0.1) is 11.6 Å². The summed E-state index contributed by atoms with van der Waals surface area (Å²) in [5, 5.41) is 4.14. The number of amides is 1. The summed E-state index contributed by atoms with van der Waals surface area (Å²) in [7, 11) is 0. The smallest absolute Gasteiger partial charge is 0.277 e. The van der Waals surface area contributed by atoms with Crippen molar-refractivity contribution in [3.05, 3.63) is 64.7 Å². The van der Waals surface area contributed by atoms with Gasteiger partial charge in [0.05, 0.1) is 10.7 Å². The molecule has 0 aromatic heterocycles. The summed E-state index contributed by atoms with van der Waals surface area (Å²) in [5.41, 5.74) is 2.53. The van der Waals surface area contributed by atoms with Gasteiger partial charge in [0.25, 0.3) is 5.91 Å². The molecule has 0 saturated carbocycles. The maximum atomic E-state index is 13.6. The van der Waals surface area contributed by atoms with E-state index in [9.17, 15) is 13.6 Å². The Morgan fingerprint density at radius 3 is 2.70 bits per heavy atom. The number of hydrogen-bond acceptors (Lipinski definition) is 3. The molecule has 2 aromatic rings. The first kappa shape index (κ1) is 16.9. The van der Waals surface area contributed by atoms with Gasteiger partial charge in [0.15, 0.2) is 6.61 Å². The van der Waals surface area contributed by atoms with E-state index in [2.05, 4.69) is 10.5 Å². The summed E-state index contributed by atoms with van der Waals surface area (Å²) < 4.78 is 31.6. The highest BCUT2D eigenvalue weighted by Crippen LogP contribution is 2.22. The van der Waals surface area contributed by atoms with Crippen LogP contribution in [0.15, 0.2) is 47.6 Å². The molecule has 0 spiro atoms. The van der Waals surface area contributed by atoms with Gasteiger partial charge in [0.2, 0.25) is 0 Å². The van der Waals surface area contributed by atoms with Gasteiger partial charge in [0.1, 0.15) is 17.4 Å². The molecule has 0 fully saturated rings. The van der Waals surface area contributed by atoms with E-state index in [1.807, 2.05) is 0 Å². The zero-order valence-corrected chi connectivity index (χ0v) is 12.9. The lowest BCUT2D eigenvalue weighted by molar-refractivity contribution is -0.123. The molecule has 0 heterocycles. The maximum absolute atomic E-state index is 13.6. The normalized spacial score (nSPS) is 11.2. The zero-order valence-electron chi connectivity index (χ0n) is 12.1. The van der Waals surface area contributed by atoms with Gasteiger partial charge < -0.3 is 4.74 Å². The highest BCUT2D eigenvalue weighted by Gasteiger charge is 2.08. The van der Waals surface area contributed by atoms with E-state index >= 15 is 0 Å². The largest absolute Gasteiger partial charge is 0.482 e. The van der Waals surface area contributed by atoms with E-state index in [4.69, 9.17) is 16.3 Å². The summed E-state index contributed by atoms with van der Waals surface area (Å²) in [6.45, 7) is 1.19. The molecule has 1 amide bonds. The van der Waals surface area contributed by atoms with E-state index < -0.39 is 17.5 Å². The Labute approximate surface area is 136 Å². The summed E-state index contributed by atoms with van der Waals surface area (Å²) in [6, 6.07) is 9.82. The van der Waals surface area contributed by atoms with Crippen LogP contribution in [0.25, 0.3) is 0 Å². The predicted molar refractivity (Wildman–Crippen MR) is 83.7 cm³/mol. The molecule has 4 nitrogen and oxygen atoms in total. The number of nitrogens with zero attached hydrogens (tertiary/aromatic N) is 1. The third-order valence-electron chi connectivity index (χ3n) is 2.86. The molecule has 0 aliphatic heterocycles. The molecule has 1 N–H and O–H groups in total. The van der Waals surface area contributed by atoms with Crippen LogP contribution >= 0.6 is 11.6 Å². The average molecular weight is 339 g/mol. The zero-order chi connectivity index (χ0) is 16.8. The standard InChI is InChI=1S/C16H13ClF2N2O2/c1-10(12-7-6-11(18)8-14(12)19)20-21-16(22)9-23-15-5-3-2-4-13(15)17/h2-8H,9H2,1H3,(H,21,22)/b20-10-. The van der Waals surface area contributed by atoms with Gasteiger partial charge in [-0.3, -0.25) is 4.79 Å². The number of hydrogen-bond donors (Lipinski definition) is 1. The van der Waals surface area contributed by atoms with Crippen molar-refractivity contribution in [3.8, 4) is 5.75 Å². The molecule has 0 atom stereocenters. The fraction of sp³-hybridized carbons (Fsp3) is 0.125. The van der Waals surface area contributed by atoms with Gasteiger partial charge in [-0.25, -0.2) is 14.2 Å². The molecule has 0 aliphatic rings. The van der Waals surface area contributed by atoms with E-state index in [-0.39, 0.29) is 17.9 Å². The van der Waals surface area contributed by atoms with E-state index in [0.717, 1.165) is 12.1 Å². The molecule has 7 heteroatoms. The minimum absolute atomic E-state index is 0.0960. The summed E-state index contributed by atoms with van der Waals surface area (Å²) in [5.74, 6) is -1.61. The lowest BCUT2D eigenvalue weighted by Gasteiger charge is -2.07. The maximum Gasteiger partial charge on any atom is 0.277 e. The van der Waals surface area contributed by atoms with Gasteiger partial charge in [-0.1, -0.05) is 23.7 Å². The van der Waals surface area contributed by atoms with Crippen molar-refractivity contribution in [2.75, 3.05) is 6.61 Å². The van der Waals surface area contributed by atoms with Crippen LogP contribution in [0.3, 0.4) is 0 Å². The van der Waals surface area contributed by atoms with Crippen LogP contribution < -0.4 is 10.2 Å². The van der Waals surface area contributed by atoms with Gasteiger partial charge in [-0.15, -0.1) is 0 Å². The van der Waals surface area contributed by atoms with E-state index in [1.54, 1.807) is 24.3 Å². The average Bonchev–Trinajstić information content (AvgIpc) is 2.52. The monoisotopic (exact) mass is 338 g/mol. The van der Waals surface area contributed by atoms with Crippen LogP contribution in [-0.4, -0.2) is 18.2 Å². The Morgan fingerprint density at radius 1 is 1.26 bits per heavy atom. The van der Waals surface area contributed by atoms with Crippen molar-refractivity contribution >= 4 is 23.2 Å². The lowest BCUT2D eigenvalue weighted by Crippen LogP contribution is -2.25. The fourth-order valence-corrected chi connectivity index (χ4v) is 1.92. The Hall–Kier alpha value is -2.47. The number of nitrogens with one attached hydrogen (secondary N) is 1. The van der Waals surface area contributed by atoms with Crippen molar-refractivity contribution in [2.45, 2.75) is 6.92 Å². The van der Waals surface area contributed by atoms with Crippen LogP contribution in [0.1, 0.15) is 12.5 Å². The molecule has 0 saturated heterocycles. The minimum atomic E-state index is -0.757. The Balaban J connectivity index is 1.94. The number of carbonyl (C=O) groups excluding carboxylic acids is 1. The fourth-order valence-electron chi connectivity index (χ4n) is 1.73. The predicted octanol–water partition coefficient (Wildman–Crippen LogP) is 3.54. The van der Waals surface area contributed by atoms with Gasteiger partial charge in [0, 0.05) is 11.6 Å². The van der Waals surface area contributed by atoms with E-state index in [1.165, 1.54) is 13.0 Å². The van der Waals surface area contributed by atoms with Gasteiger partial charge in [-0.2, -0.15) is 5.10 Å². The van der Waals surface area contributed by atoms with Crippen LogP contribution in [0.4, 0.5) is 8.78 Å². The number of rotatable bonds is 5. The van der Waals surface area contributed by atoms with Crippen LogP contribution in [-0.2, 0) is 4.79 Å². The van der Waals surface area contributed by atoms with Crippen molar-refractivity contribution in [3.63, 3.8) is 0 Å². The van der Waals surface area contributed by atoms with Crippen molar-refractivity contribution in [1.29, 1.82) is 0 Å². The Bertz CT molecular complexity index is 751. The Kier molecular flexibility index (Phi) is 5.65. The second-order valence-electron chi connectivity index (χ2n) is 4.58. The van der Waals surface area contributed by atoms with Crippen molar-refractivity contribution < 1.29 is 18.3 Å². The van der Waals surface area contributed by atoms with E-state index in [0.29, 0.717) is 10.8 Å². The molecule has 23 heavy (non-hydrogen) atoms. The van der Waals surface area contributed by atoms with Crippen LogP contribution in [0.5, 0.6) is 5.75 Å². The topological polar surface area (TPSA) is 50.7 Å². The molecule has 0 radical (unpaired) electrons. The second-order valence-corrected chi connectivity index (χ2v) is 4.98. The quantitative estimate of drug-likeness (QED) is 0.669. The molecule has 2 rings (SSSR count). The molecular formula is C16H13ClF2N2O2. The number of ether oxygens (including phenoxy) is 1. The number of para-hydroxylation sites is 1. The summed E-state index contributed by atoms with van der Waals surface area (Å²) in [4.78, 5) is 11.7. The molecule has 0 aliphatic carbocycles. The second kappa shape index (κ2) is 7.69. The van der Waals surface area contributed by atoms with Crippen molar-refractivity contribution in [2.24, 2.45) is 5.10 Å². The molecule has 0 unspecified atom stereocenters. The Morgan fingerprint density at radius 2 is 2.00 bits per heavy atom. The number of halogens is 3. The molecule has 2 aromatic carbocycles. The number of hydrazone groups is 1. The SMILES string of the molecule is C/C(=N/NC(=O)COc1ccccc1Cl)c1ccc(F)cc1F. The number of benzene rings is 2. The molecular weight excluding hydrogens is 326 g/mol. The first-order chi connectivity index (χ1) is 11.0. The molecule has 120 valence electrons. The first-order valence-electron chi connectivity index (χ1n) is 6.63. The van der Waals surface area contributed by atoms with Gasteiger partial charge in [-0.05, 0) is 31.2 Å².